The molecule has 176 valence electrons. The van der Waals surface area contributed by atoms with Gasteiger partial charge in [0.25, 0.3) is 5.91 Å². The number of anilines is 3. The van der Waals surface area contributed by atoms with Crippen LogP contribution in [0.1, 0.15) is 34.5 Å². The van der Waals surface area contributed by atoms with Gasteiger partial charge in [-0.15, -0.1) is 0 Å². The Balaban J connectivity index is 1.36. The van der Waals surface area contributed by atoms with E-state index >= 15 is 0 Å². The average molecular weight is 482 g/mol. The van der Waals surface area contributed by atoms with Crippen molar-refractivity contribution in [1.29, 1.82) is 5.26 Å². The summed E-state index contributed by atoms with van der Waals surface area (Å²) in [6, 6.07) is 8.80. The van der Waals surface area contributed by atoms with Crippen molar-refractivity contribution in [3.63, 3.8) is 0 Å². The Morgan fingerprint density at radius 3 is 2.74 bits per heavy atom. The van der Waals surface area contributed by atoms with Crippen LogP contribution >= 0.6 is 11.5 Å². The zero-order valence-electron chi connectivity index (χ0n) is 18.6. The van der Waals surface area contributed by atoms with Crippen LogP contribution < -0.4 is 15.4 Å². The number of rotatable bonds is 8. The number of hydrogen-bond acceptors (Lipinski definition) is 9. The first-order valence-corrected chi connectivity index (χ1v) is 11.6. The van der Waals surface area contributed by atoms with Crippen molar-refractivity contribution >= 4 is 33.9 Å². The van der Waals surface area contributed by atoms with Crippen LogP contribution in [0.25, 0.3) is 0 Å². The third kappa shape index (κ3) is 5.84. The van der Waals surface area contributed by atoms with Crippen molar-refractivity contribution < 1.29 is 13.9 Å². The third-order valence-electron chi connectivity index (χ3n) is 5.44. The smallest absolute Gasteiger partial charge is 0.260 e. The van der Waals surface area contributed by atoms with Crippen LogP contribution in [-0.4, -0.2) is 57.6 Å². The van der Waals surface area contributed by atoms with Crippen molar-refractivity contribution in [2.75, 3.05) is 36.9 Å². The number of alkyl halides is 1. The SMILES string of the molecule is Cc1nsc(Nc2ccc(C#N)cn2)c1C(=O)Nc1ccc(OC2CCN(CCF)CC2)nc1. The summed E-state index contributed by atoms with van der Waals surface area (Å²) in [6.07, 6.45) is 4.71. The largest absolute Gasteiger partial charge is 0.474 e. The number of piperidine rings is 1. The Morgan fingerprint density at radius 2 is 2.09 bits per heavy atom. The molecule has 3 aromatic heterocycles. The monoisotopic (exact) mass is 481 g/mol. The highest BCUT2D eigenvalue weighted by atomic mass is 32.1. The summed E-state index contributed by atoms with van der Waals surface area (Å²) in [5, 5.41) is 15.4. The van der Waals surface area contributed by atoms with Crippen LogP contribution in [0, 0.1) is 18.3 Å². The predicted molar refractivity (Wildman–Crippen MR) is 127 cm³/mol. The summed E-state index contributed by atoms with van der Waals surface area (Å²) in [5.74, 6) is 0.679. The lowest BCUT2D eigenvalue weighted by Gasteiger charge is -2.31. The van der Waals surface area contributed by atoms with Crippen molar-refractivity contribution in [3.05, 3.63) is 53.5 Å². The first kappa shape index (κ1) is 23.5. The fourth-order valence-corrected chi connectivity index (χ4v) is 4.43. The number of carbonyl (C=O) groups is 1. The highest BCUT2D eigenvalue weighted by Gasteiger charge is 2.21. The summed E-state index contributed by atoms with van der Waals surface area (Å²) in [7, 11) is 0. The maximum atomic E-state index is 13.0. The number of nitrogens with zero attached hydrogens (tertiary/aromatic N) is 5. The third-order valence-corrected chi connectivity index (χ3v) is 6.29. The molecule has 0 saturated carbocycles. The van der Waals surface area contributed by atoms with Gasteiger partial charge in [0, 0.05) is 31.9 Å². The lowest BCUT2D eigenvalue weighted by molar-refractivity contribution is 0.0933. The maximum absolute atomic E-state index is 13.0. The number of aromatic nitrogens is 3. The molecule has 0 unspecified atom stereocenters. The van der Waals surface area contributed by atoms with Gasteiger partial charge in [0.15, 0.2) is 0 Å². The van der Waals surface area contributed by atoms with Gasteiger partial charge in [0.05, 0.1) is 28.7 Å². The summed E-state index contributed by atoms with van der Waals surface area (Å²) in [5.41, 5.74) is 1.98. The van der Waals surface area contributed by atoms with Gasteiger partial charge in [-0.05, 0) is 49.5 Å². The topological polar surface area (TPSA) is 116 Å². The molecule has 11 heteroatoms. The highest BCUT2D eigenvalue weighted by molar-refractivity contribution is 7.10. The van der Waals surface area contributed by atoms with Gasteiger partial charge in [-0.25, -0.2) is 14.4 Å². The van der Waals surface area contributed by atoms with Gasteiger partial charge in [0.1, 0.15) is 29.7 Å². The van der Waals surface area contributed by atoms with E-state index in [9.17, 15) is 9.18 Å². The number of likely N-dealkylation sites (tertiary alicyclic amines) is 1. The zero-order chi connectivity index (χ0) is 23.9. The number of halogens is 1. The van der Waals surface area contributed by atoms with E-state index in [0.717, 1.165) is 37.5 Å². The van der Waals surface area contributed by atoms with E-state index < -0.39 is 0 Å². The van der Waals surface area contributed by atoms with Crippen molar-refractivity contribution in [1.82, 2.24) is 19.2 Å². The summed E-state index contributed by atoms with van der Waals surface area (Å²) >= 11 is 1.16. The number of carbonyl (C=O) groups excluding carboxylic acids is 1. The van der Waals surface area contributed by atoms with Gasteiger partial charge in [-0.3, -0.25) is 4.79 Å². The van der Waals surface area contributed by atoms with E-state index in [2.05, 4.69) is 29.9 Å². The molecule has 2 N–H and O–H groups in total. The molecule has 1 saturated heterocycles. The van der Waals surface area contributed by atoms with Gasteiger partial charge in [-0.2, -0.15) is 9.64 Å². The molecule has 0 atom stereocenters. The van der Waals surface area contributed by atoms with Gasteiger partial charge in [-0.1, -0.05) is 0 Å². The number of amides is 1. The zero-order valence-corrected chi connectivity index (χ0v) is 19.4. The minimum Gasteiger partial charge on any atom is -0.474 e. The molecular formula is C23H24FN7O2S. The lowest BCUT2D eigenvalue weighted by atomic mass is 10.1. The molecular weight excluding hydrogens is 457 g/mol. The molecule has 1 aliphatic rings. The van der Waals surface area contributed by atoms with E-state index in [4.69, 9.17) is 10.00 Å². The van der Waals surface area contributed by atoms with Crippen molar-refractivity contribution in [2.45, 2.75) is 25.9 Å². The summed E-state index contributed by atoms with van der Waals surface area (Å²) in [4.78, 5) is 23.5. The Hall–Kier alpha value is -3.62. The molecule has 1 aliphatic heterocycles. The van der Waals surface area contributed by atoms with E-state index in [1.54, 1.807) is 37.4 Å². The first-order chi connectivity index (χ1) is 16.6. The molecule has 4 heterocycles. The minimum absolute atomic E-state index is 0.0489. The average Bonchev–Trinajstić information content (AvgIpc) is 3.22. The molecule has 0 bridgehead atoms. The van der Waals surface area contributed by atoms with Crippen LogP contribution in [0.3, 0.4) is 0 Å². The maximum Gasteiger partial charge on any atom is 0.260 e. The normalized spacial score (nSPS) is 14.4. The Morgan fingerprint density at radius 1 is 1.26 bits per heavy atom. The van der Waals surface area contributed by atoms with E-state index in [1.165, 1.54) is 6.20 Å². The molecule has 4 rings (SSSR count). The van der Waals surface area contributed by atoms with Gasteiger partial charge >= 0.3 is 0 Å². The number of nitriles is 1. The van der Waals surface area contributed by atoms with Crippen molar-refractivity contribution in [3.8, 4) is 11.9 Å². The highest BCUT2D eigenvalue weighted by Crippen LogP contribution is 2.28. The Kier molecular flexibility index (Phi) is 7.61. The fraction of sp³-hybridized carbons (Fsp3) is 0.348. The number of aryl methyl sites for hydroxylation is 1. The fourth-order valence-electron chi connectivity index (χ4n) is 3.63. The van der Waals surface area contributed by atoms with Crippen LogP contribution in [0.4, 0.5) is 20.9 Å². The first-order valence-electron chi connectivity index (χ1n) is 10.9. The summed E-state index contributed by atoms with van der Waals surface area (Å²) in [6.45, 7) is 3.53. The lowest BCUT2D eigenvalue weighted by Crippen LogP contribution is -2.39. The molecule has 34 heavy (non-hydrogen) atoms. The van der Waals surface area contributed by atoms with Crippen LogP contribution in [-0.2, 0) is 0 Å². The molecule has 9 nitrogen and oxygen atoms in total. The number of hydrogen-bond donors (Lipinski definition) is 2. The quantitative estimate of drug-likeness (QED) is 0.497. The van der Waals surface area contributed by atoms with Crippen LogP contribution in [0.5, 0.6) is 5.88 Å². The summed E-state index contributed by atoms with van der Waals surface area (Å²) < 4.78 is 22.7. The Bertz CT molecular complexity index is 1150. The molecule has 1 fully saturated rings. The number of pyridine rings is 2. The minimum atomic E-state index is -0.328. The molecule has 0 aromatic carbocycles. The second-order valence-electron chi connectivity index (χ2n) is 7.83. The second-order valence-corrected chi connectivity index (χ2v) is 8.60. The Labute approximate surface area is 200 Å². The standard InChI is InChI=1S/C23H24FN7O2S/c1-15-21(23(34-30-15)29-19-4-2-16(12-25)13-26-19)22(32)28-17-3-5-20(27-14-17)33-18-6-9-31(10-7-18)11-8-24/h2-5,13-14,18H,6-11H2,1H3,(H,26,29)(H,28,32). The van der Waals surface area contributed by atoms with E-state index in [1.807, 2.05) is 6.07 Å². The predicted octanol–water partition coefficient (Wildman–Crippen LogP) is 3.92. The second kappa shape index (κ2) is 11.0. The molecule has 0 radical (unpaired) electrons. The van der Waals surface area contributed by atoms with Gasteiger partial charge in [0.2, 0.25) is 5.88 Å². The number of nitrogens with one attached hydrogen (secondary N) is 2. The molecule has 3 aromatic rings. The molecule has 1 amide bonds. The molecule has 0 aliphatic carbocycles. The van der Waals surface area contributed by atoms with Crippen LogP contribution in [0.2, 0.25) is 0 Å². The van der Waals surface area contributed by atoms with E-state index in [0.29, 0.717) is 45.8 Å². The van der Waals surface area contributed by atoms with Gasteiger partial charge < -0.3 is 20.3 Å². The van der Waals surface area contributed by atoms with Crippen molar-refractivity contribution in [2.24, 2.45) is 0 Å². The number of ether oxygens (including phenoxy) is 1. The van der Waals surface area contributed by atoms with Crippen LogP contribution in [0.15, 0.2) is 36.7 Å². The molecule has 0 spiro atoms. The van der Waals surface area contributed by atoms with E-state index in [-0.39, 0.29) is 18.7 Å².